The molecule has 2 N–H and O–H groups in total. The summed E-state index contributed by atoms with van der Waals surface area (Å²) in [5.74, 6) is -0.793. The van der Waals surface area contributed by atoms with E-state index in [1.807, 2.05) is 0 Å². The molecule has 1 aromatic rings. The van der Waals surface area contributed by atoms with E-state index < -0.39 is 11.9 Å². The third-order valence-corrected chi connectivity index (χ3v) is 4.01. The van der Waals surface area contributed by atoms with Crippen molar-refractivity contribution in [3.05, 3.63) is 29.8 Å². The van der Waals surface area contributed by atoms with Crippen molar-refractivity contribution in [3.8, 4) is 0 Å². The summed E-state index contributed by atoms with van der Waals surface area (Å²) in [6.45, 7) is 1.65. The van der Waals surface area contributed by atoms with E-state index in [1.54, 1.807) is 31.2 Å². The topological polar surface area (TPSA) is 66.4 Å². The summed E-state index contributed by atoms with van der Waals surface area (Å²) in [7, 11) is 0. The van der Waals surface area contributed by atoms with Gasteiger partial charge in [0.05, 0.1) is 5.92 Å². The van der Waals surface area contributed by atoms with E-state index in [2.05, 4.69) is 5.32 Å². The summed E-state index contributed by atoms with van der Waals surface area (Å²) in [5, 5.41) is 11.8. The third kappa shape index (κ3) is 3.83. The maximum absolute atomic E-state index is 11.9. The summed E-state index contributed by atoms with van der Waals surface area (Å²) in [6.07, 6.45) is 5.37. The van der Waals surface area contributed by atoms with Gasteiger partial charge in [-0.1, -0.05) is 25.0 Å². The molecule has 0 aromatic heterocycles. The minimum absolute atomic E-state index is 0.0518. The van der Waals surface area contributed by atoms with Crippen LogP contribution in [0.5, 0.6) is 0 Å². The first-order valence-electron chi connectivity index (χ1n) is 7.19. The standard InChI is InChI=1S/C16H21NO3/c1-11(16(19)20)13-6-8-14(9-7-13)17-15(18)10-12-4-2-3-5-12/h6-9,11-12H,2-5,10H2,1H3,(H,17,18)(H,19,20). The van der Waals surface area contributed by atoms with Crippen LogP contribution in [0.2, 0.25) is 0 Å². The minimum Gasteiger partial charge on any atom is -0.481 e. The summed E-state index contributed by atoms with van der Waals surface area (Å²) in [6, 6.07) is 7.04. The summed E-state index contributed by atoms with van der Waals surface area (Å²) < 4.78 is 0. The van der Waals surface area contributed by atoms with E-state index in [0.717, 1.165) is 24.1 Å². The SMILES string of the molecule is CC(C(=O)O)c1ccc(NC(=O)CC2CCCC2)cc1. The Morgan fingerprint density at radius 2 is 1.85 bits per heavy atom. The van der Waals surface area contributed by atoms with Crippen LogP contribution in [0.4, 0.5) is 5.69 Å². The van der Waals surface area contributed by atoms with Gasteiger partial charge < -0.3 is 10.4 Å². The summed E-state index contributed by atoms with van der Waals surface area (Å²) in [5.41, 5.74) is 1.47. The van der Waals surface area contributed by atoms with Gasteiger partial charge in [0, 0.05) is 12.1 Å². The zero-order valence-corrected chi connectivity index (χ0v) is 11.8. The smallest absolute Gasteiger partial charge is 0.310 e. The highest BCUT2D eigenvalue weighted by molar-refractivity contribution is 5.91. The Bertz CT molecular complexity index is 475. The maximum Gasteiger partial charge on any atom is 0.310 e. The monoisotopic (exact) mass is 275 g/mol. The molecule has 0 bridgehead atoms. The number of aliphatic carboxylic acids is 1. The Balaban J connectivity index is 1.89. The summed E-state index contributed by atoms with van der Waals surface area (Å²) in [4.78, 5) is 22.8. The van der Waals surface area contributed by atoms with Crippen LogP contribution in [0, 0.1) is 5.92 Å². The van der Waals surface area contributed by atoms with Gasteiger partial charge in [-0.3, -0.25) is 9.59 Å². The first kappa shape index (κ1) is 14.6. The molecule has 1 amide bonds. The molecular weight excluding hydrogens is 254 g/mol. The van der Waals surface area contributed by atoms with Crippen molar-refractivity contribution in [2.45, 2.75) is 44.9 Å². The lowest BCUT2D eigenvalue weighted by atomic mass is 10.0. The van der Waals surface area contributed by atoms with Crippen molar-refractivity contribution in [2.24, 2.45) is 5.92 Å². The Morgan fingerprint density at radius 3 is 2.40 bits per heavy atom. The van der Waals surface area contributed by atoms with Crippen LogP contribution in [-0.2, 0) is 9.59 Å². The van der Waals surface area contributed by atoms with Gasteiger partial charge in [-0.05, 0) is 43.4 Å². The number of anilines is 1. The van der Waals surface area contributed by atoms with Crippen molar-refractivity contribution in [1.29, 1.82) is 0 Å². The molecule has 4 heteroatoms. The fraction of sp³-hybridized carbons (Fsp3) is 0.500. The first-order chi connectivity index (χ1) is 9.56. The highest BCUT2D eigenvalue weighted by atomic mass is 16.4. The van der Waals surface area contributed by atoms with E-state index in [-0.39, 0.29) is 5.91 Å². The molecule has 2 rings (SSSR count). The van der Waals surface area contributed by atoms with E-state index in [9.17, 15) is 9.59 Å². The highest BCUT2D eigenvalue weighted by Crippen LogP contribution is 2.28. The molecular formula is C16H21NO3. The molecule has 0 radical (unpaired) electrons. The number of carboxylic acids is 1. The van der Waals surface area contributed by atoms with Crippen LogP contribution in [0.3, 0.4) is 0 Å². The fourth-order valence-corrected chi connectivity index (χ4v) is 2.69. The number of hydrogen-bond acceptors (Lipinski definition) is 2. The zero-order chi connectivity index (χ0) is 14.5. The molecule has 1 atom stereocenters. The number of benzene rings is 1. The Morgan fingerprint density at radius 1 is 1.25 bits per heavy atom. The van der Waals surface area contributed by atoms with Gasteiger partial charge in [-0.25, -0.2) is 0 Å². The number of amides is 1. The quantitative estimate of drug-likeness (QED) is 0.865. The molecule has 1 unspecified atom stereocenters. The van der Waals surface area contributed by atoms with Crippen LogP contribution >= 0.6 is 0 Å². The molecule has 0 saturated heterocycles. The van der Waals surface area contributed by atoms with Crippen LogP contribution in [0.15, 0.2) is 24.3 Å². The van der Waals surface area contributed by atoms with Crippen molar-refractivity contribution >= 4 is 17.6 Å². The van der Waals surface area contributed by atoms with Gasteiger partial charge in [0.2, 0.25) is 5.91 Å². The molecule has 4 nitrogen and oxygen atoms in total. The Labute approximate surface area is 119 Å². The lowest BCUT2D eigenvalue weighted by molar-refractivity contribution is -0.138. The molecule has 0 aliphatic heterocycles. The van der Waals surface area contributed by atoms with Gasteiger partial charge in [0.15, 0.2) is 0 Å². The molecule has 1 fully saturated rings. The number of carbonyl (C=O) groups is 2. The zero-order valence-electron chi connectivity index (χ0n) is 11.8. The molecule has 1 aliphatic rings. The number of rotatable bonds is 5. The van der Waals surface area contributed by atoms with E-state index in [4.69, 9.17) is 5.11 Å². The molecule has 20 heavy (non-hydrogen) atoms. The van der Waals surface area contributed by atoms with E-state index >= 15 is 0 Å². The number of carbonyl (C=O) groups excluding carboxylic acids is 1. The Kier molecular flexibility index (Phi) is 4.77. The first-order valence-corrected chi connectivity index (χ1v) is 7.19. The van der Waals surface area contributed by atoms with Gasteiger partial charge in [-0.2, -0.15) is 0 Å². The van der Waals surface area contributed by atoms with Gasteiger partial charge >= 0.3 is 5.97 Å². The third-order valence-electron chi connectivity index (χ3n) is 4.01. The molecule has 1 saturated carbocycles. The normalized spacial score (nSPS) is 16.9. The van der Waals surface area contributed by atoms with Crippen LogP contribution in [-0.4, -0.2) is 17.0 Å². The van der Waals surface area contributed by atoms with Crippen molar-refractivity contribution in [1.82, 2.24) is 0 Å². The maximum atomic E-state index is 11.9. The predicted octanol–water partition coefficient (Wildman–Crippen LogP) is 3.39. The second-order valence-electron chi connectivity index (χ2n) is 5.58. The fourth-order valence-electron chi connectivity index (χ4n) is 2.69. The van der Waals surface area contributed by atoms with Crippen molar-refractivity contribution in [3.63, 3.8) is 0 Å². The second-order valence-corrected chi connectivity index (χ2v) is 5.58. The second kappa shape index (κ2) is 6.55. The Hall–Kier alpha value is -1.84. The molecule has 0 heterocycles. The van der Waals surface area contributed by atoms with Crippen molar-refractivity contribution < 1.29 is 14.7 Å². The van der Waals surface area contributed by atoms with Gasteiger partial charge in [0.1, 0.15) is 0 Å². The van der Waals surface area contributed by atoms with Crippen LogP contribution in [0.25, 0.3) is 0 Å². The molecule has 108 valence electrons. The highest BCUT2D eigenvalue weighted by Gasteiger charge is 2.18. The molecule has 1 aliphatic carbocycles. The lowest BCUT2D eigenvalue weighted by Gasteiger charge is -2.11. The lowest BCUT2D eigenvalue weighted by Crippen LogP contribution is -2.15. The summed E-state index contributed by atoms with van der Waals surface area (Å²) >= 11 is 0. The van der Waals surface area contributed by atoms with E-state index in [1.165, 1.54) is 12.8 Å². The van der Waals surface area contributed by atoms with E-state index in [0.29, 0.717) is 12.3 Å². The number of nitrogens with one attached hydrogen (secondary N) is 1. The number of hydrogen-bond donors (Lipinski definition) is 2. The van der Waals surface area contributed by atoms with Gasteiger partial charge in [0.25, 0.3) is 0 Å². The van der Waals surface area contributed by atoms with Crippen LogP contribution in [0.1, 0.15) is 50.5 Å². The van der Waals surface area contributed by atoms with Crippen molar-refractivity contribution in [2.75, 3.05) is 5.32 Å². The van der Waals surface area contributed by atoms with Crippen LogP contribution < -0.4 is 5.32 Å². The average molecular weight is 275 g/mol. The minimum atomic E-state index is -0.844. The molecule has 1 aromatic carbocycles. The molecule has 0 spiro atoms. The largest absolute Gasteiger partial charge is 0.481 e. The average Bonchev–Trinajstić information content (AvgIpc) is 2.91. The number of carboxylic acid groups (broad SMARTS) is 1. The predicted molar refractivity (Wildman–Crippen MR) is 77.7 cm³/mol. The van der Waals surface area contributed by atoms with Gasteiger partial charge in [-0.15, -0.1) is 0 Å².